The molecule has 4 nitrogen and oxygen atoms in total. The van der Waals surface area contributed by atoms with E-state index < -0.39 is 0 Å². The summed E-state index contributed by atoms with van der Waals surface area (Å²) in [6.45, 7) is 15.8. The van der Waals surface area contributed by atoms with Gasteiger partial charge in [0.15, 0.2) is 0 Å². The van der Waals surface area contributed by atoms with Gasteiger partial charge >= 0.3 is 5.97 Å². The van der Waals surface area contributed by atoms with E-state index in [2.05, 4.69) is 45.7 Å². The van der Waals surface area contributed by atoms with Crippen LogP contribution in [0.2, 0.25) is 0 Å². The zero-order chi connectivity index (χ0) is 31.7. The van der Waals surface area contributed by atoms with Gasteiger partial charge in [0.1, 0.15) is 17.1 Å². The number of hydrogen-bond acceptors (Lipinski definition) is 4. The molecule has 1 aliphatic rings. The summed E-state index contributed by atoms with van der Waals surface area (Å²) in [5.74, 6) is 3.51. The molecule has 0 fully saturated rings. The Labute approximate surface area is 267 Å². The van der Waals surface area contributed by atoms with Crippen LogP contribution in [-0.2, 0) is 6.42 Å². The lowest BCUT2D eigenvalue weighted by molar-refractivity contribution is 0.0510. The number of rotatable bonds is 15. The van der Waals surface area contributed by atoms with E-state index in [9.17, 15) is 4.79 Å². The SMILES string of the molecule is Cc1ccc(C(=O)Oc2ccc3c(c2C)OC(C)(CCCC(C)CCCC(C)CCCC(C)C)CC3)cc1-c1ccccn1. The van der Waals surface area contributed by atoms with Gasteiger partial charge < -0.3 is 9.47 Å². The van der Waals surface area contributed by atoms with Gasteiger partial charge in [-0.25, -0.2) is 4.79 Å². The van der Waals surface area contributed by atoms with Crippen molar-refractivity contribution in [3.05, 3.63) is 77.0 Å². The summed E-state index contributed by atoms with van der Waals surface area (Å²) in [5, 5.41) is 0. The topological polar surface area (TPSA) is 48.4 Å². The average Bonchev–Trinajstić information content (AvgIpc) is 2.99. The first kappa shape index (κ1) is 33.7. The third-order valence-corrected chi connectivity index (χ3v) is 9.60. The second kappa shape index (κ2) is 15.7. The van der Waals surface area contributed by atoms with E-state index >= 15 is 0 Å². The molecule has 3 atom stereocenters. The molecule has 4 heteroatoms. The van der Waals surface area contributed by atoms with Gasteiger partial charge in [0, 0.05) is 17.3 Å². The van der Waals surface area contributed by atoms with Gasteiger partial charge in [0.05, 0.1) is 11.3 Å². The first-order valence-electron chi connectivity index (χ1n) is 17.1. The van der Waals surface area contributed by atoms with E-state index in [1.54, 1.807) is 6.20 Å². The fourth-order valence-electron chi connectivity index (χ4n) is 6.56. The Balaban J connectivity index is 1.30. The molecule has 1 aromatic heterocycles. The van der Waals surface area contributed by atoms with Gasteiger partial charge in [-0.1, -0.05) is 90.8 Å². The summed E-state index contributed by atoms with van der Waals surface area (Å²) in [5.41, 5.74) is 5.25. The molecule has 0 saturated heterocycles. The van der Waals surface area contributed by atoms with E-state index in [1.165, 1.54) is 56.9 Å². The van der Waals surface area contributed by atoms with Gasteiger partial charge in [0.2, 0.25) is 0 Å². The van der Waals surface area contributed by atoms with Crippen molar-refractivity contribution in [1.29, 1.82) is 0 Å². The molecule has 2 heterocycles. The van der Waals surface area contributed by atoms with Gasteiger partial charge in [0.25, 0.3) is 0 Å². The maximum Gasteiger partial charge on any atom is 0.343 e. The average molecular weight is 598 g/mol. The van der Waals surface area contributed by atoms with Crippen molar-refractivity contribution in [2.45, 2.75) is 125 Å². The van der Waals surface area contributed by atoms with Crippen LogP contribution in [0.15, 0.2) is 54.7 Å². The van der Waals surface area contributed by atoms with Gasteiger partial charge in [-0.15, -0.1) is 0 Å². The van der Waals surface area contributed by atoms with Crippen molar-refractivity contribution in [1.82, 2.24) is 4.98 Å². The highest BCUT2D eigenvalue weighted by atomic mass is 16.5. The summed E-state index contributed by atoms with van der Waals surface area (Å²) in [4.78, 5) is 17.7. The second-order valence-corrected chi connectivity index (χ2v) is 14.2. The minimum absolute atomic E-state index is 0.195. The molecule has 3 unspecified atom stereocenters. The summed E-state index contributed by atoms with van der Waals surface area (Å²) in [6.07, 6.45) is 15.4. The van der Waals surface area contributed by atoms with Crippen LogP contribution in [0.5, 0.6) is 11.5 Å². The predicted octanol–water partition coefficient (Wildman–Crippen LogP) is 11.1. The number of fused-ring (bicyclic) bond motifs is 1. The maximum atomic E-state index is 13.3. The Hall–Kier alpha value is -3.14. The molecule has 0 amide bonds. The number of carbonyl (C=O) groups is 1. The van der Waals surface area contributed by atoms with E-state index in [1.807, 2.05) is 56.3 Å². The van der Waals surface area contributed by atoms with Crippen LogP contribution in [0.25, 0.3) is 11.3 Å². The first-order chi connectivity index (χ1) is 21.0. The molecular weight excluding hydrogens is 542 g/mol. The van der Waals surface area contributed by atoms with Crippen molar-refractivity contribution in [2.24, 2.45) is 17.8 Å². The monoisotopic (exact) mass is 597 g/mol. The highest BCUT2D eigenvalue weighted by Crippen LogP contribution is 2.42. The molecule has 0 N–H and O–H groups in total. The Morgan fingerprint density at radius 3 is 2.30 bits per heavy atom. The molecule has 2 aromatic carbocycles. The molecular formula is C40H55NO3. The maximum absolute atomic E-state index is 13.3. The van der Waals surface area contributed by atoms with Crippen molar-refractivity contribution < 1.29 is 14.3 Å². The van der Waals surface area contributed by atoms with Crippen molar-refractivity contribution in [2.75, 3.05) is 0 Å². The van der Waals surface area contributed by atoms with Gasteiger partial charge in [-0.2, -0.15) is 0 Å². The van der Waals surface area contributed by atoms with Crippen LogP contribution in [0, 0.1) is 31.6 Å². The van der Waals surface area contributed by atoms with E-state index in [-0.39, 0.29) is 11.6 Å². The standard InChI is InChI=1S/C40H55NO3/c1-28(2)13-10-14-29(3)15-11-16-30(4)17-12-24-40(7)25-23-33-21-22-37(32(6)38(33)44-40)43-39(42)34-20-19-31(5)35(27-34)36-18-8-9-26-41-36/h8-9,18-22,26-30H,10-17,23-25H2,1-7H3. The zero-order valence-corrected chi connectivity index (χ0v) is 28.4. The first-order valence-corrected chi connectivity index (χ1v) is 17.1. The lowest BCUT2D eigenvalue weighted by Gasteiger charge is -2.37. The lowest BCUT2D eigenvalue weighted by Crippen LogP contribution is -2.36. The molecule has 0 spiro atoms. The quantitative estimate of drug-likeness (QED) is 0.129. The number of aryl methyl sites for hydroxylation is 2. The molecule has 0 bridgehead atoms. The highest BCUT2D eigenvalue weighted by molar-refractivity contribution is 5.93. The fraction of sp³-hybridized carbons (Fsp3) is 0.550. The number of aromatic nitrogens is 1. The molecule has 238 valence electrons. The molecule has 44 heavy (non-hydrogen) atoms. The molecule has 0 saturated carbocycles. The van der Waals surface area contributed by atoms with Crippen LogP contribution in [0.1, 0.15) is 126 Å². The van der Waals surface area contributed by atoms with E-state index in [4.69, 9.17) is 9.47 Å². The Morgan fingerprint density at radius 2 is 1.61 bits per heavy atom. The van der Waals surface area contributed by atoms with Crippen LogP contribution >= 0.6 is 0 Å². The number of benzene rings is 2. The van der Waals surface area contributed by atoms with E-state index in [0.29, 0.717) is 11.3 Å². The van der Waals surface area contributed by atoms with Crippen LogP contribution in [0.4, 0.5) is 0 Å². The summed E-state index contributed by atoms with van der Waals surface area (Å²) in [7, 11) is 0. The van der Waals surface area contributed by atoms with E-state index in [0.717, 1.165) is 65.1 Å². The van der Waals surface area contributed by atoms with Crippen LogP contribution in [0.3, 0.4) is 0 Å². The summed E-state index contributed by atoms with van der Waals surface area (Å²) < 4.78 is 12.7. The number of hydrogen-bond donors (Lipinski definition) is 0. The second-order valence-electron chi connectivity index (χ2n) is 14.2. The number of nitrogens with zero attached hydrogens (tertiary/aromatic N) is 1. The van der Waals surface area contributed by atoms with Crippen LogP contribution < -0.4 is 9.47 Å². The Morgan fingerprint density at radius 1 is 0.909 bits per heavy atom. The molecule has 0 radical (unpaired) electrons. The number of ether oxygens (including phenoxy) is 2. The van der Waals surface area contributed by atoms with Crippen molar-refractivity contribution >= 4 is 5.97 Å². The Kier molecular flexibility index (Phi) is 12.1. The zero-order valence-electron chi connectivity index (χ0n) is 28.4. The number of carbonyl (C=O) groups excluding carboxylic acids is 1. The Bertz CT molecular complexity index is 1360. The van der Waals surface area contributed by atoms with Crippen LogP contribution in [-0.4, -0.2) is 16.6 Å². The van der Waals surface area contributed by atoms with Crippen molar-refractivity contribution in [3.63, 3.8) is 0 Å². The predicted molar refractivity (Wildman–Crippen MR) is 183 cm³/mol. The summed E-state index contributed by atoms with van der Waals surface area (Å²) >= 11 is 0. The molecule has 3 aromatic rings. The largest absolute Gasteiger partial charge is 0.487 e. The summed E-state index contributed by atoms with van der Waals surface area (Å²) in [6, 6.07) is 15.4. The third-order valence-electron chi connectivity index (χ3n) is 9.60. The number of pyridine rings is 1. The minimum atomic E-state index is -0.372. The van der Waals surface area contributed by atoms with Gasteiger partial charge in [-0.05, 0) is 106 Å². The molecule has 1 aliphatic heterocycles. The molecule has 0 aliphatic carbocycles. The third kappa shape index (κ3) is 9.43. The minimum Gasteiger partial charge on any atom is -0.487 e. The smallest absolute Gasteiger partial charge is 0.343 e. The van der Waals surface area contributed by atoms with Crippen molar-refractivity contribution in [3.8, 4) is 22.8 Å². The molecule has 4 rings (SSSR count). The fourth-order valence-corrected chi connectivity index (χ4v) is 6.56. The number of esters is 1. The lowest BCUT2D eigenvalue weighted by atomic mass is 9.85. The van der Waals surface area contributed by atoms with Gasteiger partial charge in [-0.3, -0.25) is 4.98 Å². The highest BCUT2D eigenvalue weighted by Gasteiger charge is 2.33. The normalized spacial score (nSPS) is 17.5.